The van der Waals surface area contributed by atoms with Gasteiger partial charge in [0.2, 0.25) is 0 Å². The van der Waals surface area contributed by atoms with Gasteiger partial charge in [-0.25, -0.2) is 4.79 Å². The van der Waals surface area contributed by atoms with Crippen LogP contribution in [0.3, 0.4) is 0 Å². The molecule has 3 amide bonds. The summed E-state index contributed by atoms with van der Waals surface area (Å²) in [6, 6.07) is 6.83. The normalized spacial score (nSPS) is 17.4. The van der Waals surface area contributed by atoms with Gasteiger partial charge in [0.05, 0.1) is 23.3 Å². The third-order valence-electron chi connectivity index (χ3n) is 5.21. The van der Waals surface area contributed by atoms with Crippen molar-refractivity contribution in [3.63, 3.8) is 0 Å². The van der Waals surface area contributed by atoms with E-state index < -0.39 is 11.6 Å². The zero-order valence-corrected chi connectivity index (χ0v) is 17.0. The minimum atomic E-state index is -0.481. The maximum atomic E-state index is 13.2. The summed E-state index contributed by atoms with van der Waals surface area (Å²) in [6.07, 6.45) is 1.81. The number of nitrogens with zero attached hydrogens (tertiary/aromatic N) is 3. The molecule has 2 aliphatic rings. The van der Waals surface area contributed by atoms with E-state index in [1.807, 2.05) is 37.6 Å². The summed E-state index contributed by atoms with van der Waals surface area (Å²) >= 11 is 6.19. The maximum absolute atomic E-state index is 13.2. The minimum absolute atomic E-state index is 0.217. The van der Waals surface area contributed by atoms with E-state index in [9.17, 15) is 9.59 Å². The molecule has 0 unspecified atom stereocenters. The number of carbonyl (C=O) groups excluding carboxylic acids is 2. The van der Waals surface area contributed by atoms with E-state index in [2.05, 4.69) is 5.32 Å². The van der Waals surface area contributed by atoms with Crippen molar-refractivity contribution in [1.29, 1.82) is 0 Å². The second-order valence-electron chi connectivity index (χ2n) is 8.72. The van der Waals surface area contributed by atoms with Gasteiger partial charge >= 0.3 is 6.03 Å². The predicted molar refractivity (Wildman–Crippen MR) is 107 cm³/mol. The van der Waals surface area contributed by atoms with Gasteiger partial charge in [-0.3, -0.25) is 9.48 Å². The molecule has 0 saturated heterocycles. The molecule has 0 bridgehead atoms. The van der Waals surface area contributed by atoms with E-state index in [4.69, 9.17) is 22.4 Å². The van der Waals surface area contributed by atoms with Crippen molar-refractivity contribution in [3.05, 3.63) is 40.5 Å². The number of benzene rings is 1. The van der Waals surface area contributed by atoms with Crippen molar-refractivity contribution >= 4 is 23.5 Å². The van der Waals surface area contributed by atoms with Crippen molar-refractivity contribution in [2.45, 2.75) is 51.2 Å². The van der Waals surface area contributed by atoms with Gasteiger partial charge in [0, 0.05) is 22.7 Å². The molecule has 8 heteroatoms. The predicted octanol–water partition coefficient (Wildman–Crippen LogP) is 3.12. The lowest BCUT2D eigenvalue weighted by atomic mass is 10.0. The molecule has 1 spiro atoms. The zero-order chi connectivity index (χ0) is 20.3. The van der Waals surface area contributed by atoms with Crippen molar-refractivity contribution in [2.75, 3.05) is 6.54 Å². The molecule has 0 atom stereocenters. The summed E-state index contributed by atoms with van der Waals surface area (Å²) < 4.78 is 1.94. The third-order valence-corrected chi connectivity index (χ3v) is 5.44. The average molecular weight is 402 g/mol. The molecule has 7 nitrogen and oxygen atoms in total. The average Bonchev–Trinajstić information content (AvgIpc) is 3.22. The fourth-order valence-corrected chi connectivity index (χ4v) is 3.99. The number of rotatable bonds is 2. The van der Waals surface area contributed by atoms with E-state index in [0.29, 0.717) is 22.8 Å². The lowest BCUT2D eigenvalue weighted by Crippen LogP contribution is -2.48. The highest BCUT2D eigenvalue weighted by molar-refractivity contribution is 6.30. The number of amides is 3. The van der Waals surface area contributed by atoms with Gasteiger partial charge in [-0.1, -0.05) is 23.7 Å². The number of halogens is 1. The summed E-state index contributed by atoms with van der Waals surface area (Å²) in [7, 11) is 0. The van der Waals surface area contributed by atoms with Crippen molar-refractivity contribution in [3.8, 4) is 11.3 Å². The molecule has 1 fully saturated rings. The molecule has 0 radical (unpaired) electrons. The number of nitrogens with two attached hydrogens (primary N) is 1. The number of nitrogens with one attached hydrogen (secondary N) is 1. The highest BCUT2D eigenvalue weighted by atomic mass is 35.5. The van der Waals surface area contributed by atoms with Crippen molar-refractivity contribution in [1.82, 2.24) is 20.0 Å². The van der Waals surface area contributed by atoms with E-state index in [1.165, 1.54) is 0 Å². The van der Waals surface area contributed by atoms with E-state index >= 15 is 0 Å². The Morgan fingerprint density at radius 2 is 2.00 bits per heavy atom. The molecular weight excluding hydrogens is 378 g/mol. The molecule has 28 heavy (non-hydrogen) atoms. The lowest BCUT2D eigenvalue weighted by Gasteiger charge is -2.33. The van der Waals surface area contributed by atoms with Crippen LogP contribution in [0.4, 0.5) is 4.79 Å². The van der Waals surface area contributed by atoms with Crippen LogP contribution in [0.2, 0.25) is 5.02 Å². The topological polar surface area (TPSA) is 93.2 Å². The maximum Gasteiger partial charge on any atom is 0.315 e. The van der Waals surface area contributed by atoms with Crippen molar-refractivity contribution < 1.29 is 9.59 Å². The van der Waals surface area contributed by atoms with Crippen LogP contribution in [-0.4, -0.2) is 38.7 Å². The third kappa shape index (κ3) is 3.24. The fourth-order valence-electron chi connectivity index (χ4n) is 3.80. The quantitative estimate of drug-likeness (QED) is 0.809. The second-order valence-corrected chi connectivity index (χ2v) is 9.15. The molecule has 148 valence electrons. The highest BCUT2D eigenvalue weighted by Gasteiger charge is 2.52. The Hall–Kier alpha value is -2.54. The monoisotopic (exact) mass is 401 g/mol. The van der Waals surface area contributed by atoms with Crippen LogP contribution in [0, 0.1) is 0 Å². The van der Waals surface area contributed by atoms with Gasteiger partial charge in [0.15, 0.2) is 0 Å². The van der Waals surface area contributed by atoms with Crippen LogP contribution in [-0.2, 0) is 12.1 Å². The van der Waals surface area contributed by atoms with Crippen LogP contribution in [0.1, 0.15) is 49.7 Å². The molecule has 4 rings (SSSR count). The SMILES string of the molecule is CC(C)(C)NC(=O)c1c(-c2cccc(Cl)c2)nn2c1CN(C(N)=O)CC21CC1. The largest absolute Gasteiger partial charge is 0.351 e. The van der Waals surface area contributed by atoms with E-state index in [1.54, 1.807) is 17.0 Å². The van der Waals surface area contributed by atoms with Gasteiger partial charge in [0.1, 0.15) is 5.69 Å². The Morgan fingerprint density at radius 1 is 1.29 bits per heavy atom. The standard InChI is InChI=1S/C20H24ClN5O2/c1-19(2,3)23-17(27)15-14-10-25(18(22)28)11-20(7-8-20)26(14)24-16(15)12-5-4-6-13(21)9-12/h4-6,9H,7-8,10-11H2,1-3H3,(H2,22,28)(H,23,27). The van der Waals surface area contributed by atoms with Gasteiger partial charge in [-0.05, 0) is 45.7 Å². The first-order chi connectivity index (χ1) is 13.1. The summed E-state index contributed by atoms with van der Waals surface area (Å²) in [6.45, 7) is 6.57. The fraction of sp³-hybridized carbons (Fsp3) is 0.450. The Kier molecular flexibility index (Phi) is 4.19. The summed E-state index contributed by atoms with van der Waals surface area (Å²) in [5.74, 6) is -0.217. The first kappa shape index (κ1) is 18.8. The van der Waals surface area contributed by atoms with Crippen LogP contribution in [0.15, 0.2) is 24.3 Å². The number of carbonyl (C=O) groups is 2. The molecule has 1 aliphatic heterocycles. The molecule has 3 N–H and O–H groups in total. The van der Waals surface area contributed by atoms with Crippen molar-refractivity contribution in [2.24, 2.45) is 5.73 Å². The Labute approximate surface area is 168 Å². The lowest BCUT2D eigenvalue weighted by molar-refractivity contribution is 0.0915. The minimum Gasteiger partial charge on any atom is -0.351 e. The molecule has 1 saturated carbocycles. The molecular formula is C20H24ClN5O2. The van der Waals surface area contributed by atoms with Gasteiger partial charge in [-0.2, -0.15) is 5.10 Å². The number of hydrogen-bond donors (Lipinski definition) is 2. The zero-order valence-electron chi connectivity index (χ0n) is 16.3. The van der Waals surface area contributed by atoms with Gasteiger partial charge in [-0.15, -0.1) is 0 Å². The smallest absolute Gasteiger partial charge is 0.315 e. The Morgan fingerprint density at radius 3 is 2.57 bits per heavy atom. The van der Waals surface area contributed by atoms with E-state index in [0.717, 1.165) is 24.1 Å². The Bertz CT molecular complexity index is 971. The van der Waals surface area contributed by atoms with Crippen LogP contribution < -0.4 is 11.1 Å². The van der Waals surface area contributed by atoms with E-state index in [-0.39, 0.29) is 18.0 Å². The number of fused-ring (bicyclic) bond motifs is 2. The van der Waals surface area contributed by atoms with Crippen LogP contribution in [0.25, 0.3) is 11.3 Å². The second kappa shape index (κ2) is 6.24. The summed E-state index contributed by atoms with van der Waals surface area (Å²) in [5, 5.41) is 8.44. The number of hydrogen-bond acceptors (Lipinski definition) is 3. The number of aromatic nitrogens is 2. The van der Waals surface area contributed by atoms with Crippen LogP contribution >= 0.6 is 11.6 Å². The van der Waals surface area contributed by atoms with Gasteiger partial charge < -0.3 is 16.0 Å². The number of primary amides is 1. The van der Waals surface area contributed by atoms with Crippen LogP contribution in [0.5, 0.6) is 0 Å². The number of urea groups is 1. The summed E-state index contributed by atoms with van der Waals surface area (Å²) in [4.78, 5) is 26.8. The first-order valence-electron chi connectivity index (χ1n) is 9.35. The molecule has 1 aromatic heterocycles. The highest BCUT2D eigenvalue weighted by Crippen LogP contribution is 2.48. The molecule has 2 heterocycles. The molecule has 1 aliphatic carbocycles. The first-order valence-corrected chi connectivity index (χ1v) is 9.73. The Balaban J connectivity index is 1.90. The van der Waals surface area contributed by atoms with Gasteiger partial charge in [0.25, 0.3) is 5.91 Å². The summed E-state index contributed by atoms with van der Waals surface area (Å²) in [5.41, 5.74) is 7.46. The molecule has 2 aromatic rings. The molecule has 1 aromatic carbocycles.